The third-order valence-corrected chi connectivity index (χ3v) is 3.26. The Kier molecular flexibility index (Phi) is 2.72. The summed E-state index contributed by atoms with van der Waals surface area (Å²) < 4.78 is 5.50. The normalized spacial score (nSPS) is 35.3. The summed E-state index contributed by atoms with van der Waals surface area (Å²) in [6.45, 7) is 8.46. The van der Waals surface area contributed by atoms with Gasteiger partial charge in [0.25, 0.3) is 0 Å². The average Bonchev–Trinajstić information content (AvgIpc) is 2.26. The number of nitrogens with two attached hydrogens (primary N) is 1. The van der Waals surface area contributed by atoms with Crippen LogP contribution < -0.4 is 5.73 Å². The maximum absolute atomic E-state index is 10.4. The summed E-state index contributed by atoms with van der Waals surface area (Å²) in [5.74, 6) is 0.269. The van der Waals surface area contributed by atoms with Crippen molar-refractivity contribution < 1.29 is 9.84 Å². The van der Waals surface area contributed by atoms with E-state index in [-0.39, 0.29) is 12.0 Å². The molecule has 13 heavy (non-hydrogen) atoms. The SMILES string of the molecule is CC(C)C(N)C1(O)CCOC1(C)C. The van der Waals surface area contributed by atoms with Crippen LogP contribution in [0, 0.1) is 5.92 Å². The van der Waals surface area contributed by atoms with Gasteiger partial charge in [-0.1, -0.05) is 13.8 Å². The molecule has 1 aliphatic rings. The first kappa shape index (κ1) is 11.0. The fourth-order valence-corrected chi connectivity index (χ4v) is 2.01. The Hall–Kier alpha value is -0.120. The van der Waals surface area contributed by atoms with Crippen LogP contribution in [0.15, 0.2) is 0 Å². The van der Waals surface area contributed by atoms with Crippen molar-refractivity contribution in [3.8, 4) is 0 Å². The molecule has 2 unspecified atom stereocenters. The third kappa shape index (κ3) is 1.60. The summed E-state index contributed by atoms with van der Waals surface area (Å²) in [6.07, 6.45) is 0.638. The zero-order valence-corrected chi connectivity index (χ0v) is 9.00. The van der Waals surface area contributed by atoms with Crippen LogP contribution in [-0.2, 0) is 4.74 Å². The Bertz CT molecular complexity index is 191. The van der Waals surface area contributed by atoms with E-state index in [2.05, 4.69) is 0 Å². The molecular weight excluding hydrogens is 166 g/mol. The van der Waals surface area contributed by atoms with Gasteiger partial charge in [0.15, 0.2) is 0 Å². The maximum Gasteiger partial charge on any atom is 0.110 e. The first-order valence-corrected chi connectivity index (χ1v) is 4.93. The summed E-state index contributed by atoms with van der Waals surface area (Å²) in [6, 6.07) is -0.218. The van der Waals surface area contributed by atoms with Crippen molar-refractivity contribution in [3.05, 3.63) is 0 Å². The topological polar surface area (TPSA) is 55.5 Å². The summed E-state index contributed by atoms with van der Waals surface area (Å²) >= 11 is 0. The Morgan fingerprint density at radius 2 is 1.92 bits per heavy atom. The molecule has 1 aliphatic heterocycles. The highest BCUT2D eigenvalue weighted by molar-refractivity contribution is 5.06. The molecule has 2 atom stereocenters. The van der Waals surface area contributed by atoms with Crippen molar-refractivity contribution in [2.24, 2.45) is 11.7 Å². The van der Waals surface area contributed by atoms with Crippen molar-refractivity contribution >= 4 is 0 Å². The molecule has 0 radical (unpaired) electrons. The number of aliphatic hydroxyl groups is 1. The molecule has 0 saturated carbocycles. The minimum atomic E-state index is -0.874. The lowest BCUT2D eigenvalue weighted by Crippen LogP contribution is -2.60. The second-order valence-electron chi connectivity index (χ2n) is 4.80. The lowest BCUT2D eigenvalue weighted by Gasteiger charge is -2.41. The van der Waals surface area contributed by atoms with E-state index < -0.39 is 11.2 Å². The van der Waals surface area contributed by atoms with E-state index in [9.17, 15) is 5.11 Å². The second kappa shape index (κ2) is 3.23. The number of ether oxygens (including phenoxy) is 1. The third-order valence-electron chi connectivity index (χ3n) is 3.26. The van der Waals surface area contributed by atoms with Crippen LogP contribution in [0.1, 0.15) is 34.1 Å². The van der Waals surface area contributed by atoms with E-state index in [0.29, 0.717) is 13.0 Å². The van der Waals surface area contributed by atoms with E-state index in [1.54, 1.807) is 0 Å². The lowest BCUT2D eigenvalue weighted by molar-refractivity contribution is -0.116. The van der Waals surface area contributed by atoms with Crippen molar-refractivity contribution in [2.45, 2.75) is 51.4 Å². The van der Waals surface area contributed by atoms with Crippen LogP contribution in [0.3, 0.4) is 0 Å². The monoisotopic (exact) mass is 187 g/mol. The van der Waals surface area contributed by atoms with Gasteiger partial charge in [0.05, 0.1) is 12.2 Å². The van der Waals surface area contributed by atoms with Crippen LogP contribution in [0.2, 0.25) is 0 Å². The molecule has 0 spiro atoms. The van der Waals surface area contributed by atoms with Crippen LogP contribution in [-0.4, -0.2) is 29.0 Å². The van der Waals surface area contributed by atoms with E-state index >= 15 is 0 Å². The van der Waals surface area contributed by atoms with Crippen molar-refractivity contribution in [3.63, 3.8) is 0 Å². The first-order valence-electron chi connectivity index (χ1n) is 4.93. The van der Waals surface area contributed by atoms with E-state index in [1.807, 2.05) is 27.7 Å². The summed E-state index contributed by atoms with van der Waals surface area (Å²) in [5.41, 5.74) is 4.61. The zero-order chi connectivity index (χ0) is 10.3. The first-order chi connectivity index (χ1) is 5.81. The van der Waals surface area contributed by atoms with Crippen LogP contribution in [0.4, 0.5) is 0 Å². The average molecular weight is 187 g/mol. The van der Waals surface area contributed by atoms with E-state index in [1.165, 1.54) is 0 Å². The van der Waals surface area contributed by atoms with Gasteiger partial charge in [-0.25, -0.2) is 0 Å². The lowest BCUT2D eigenvalue weighted by atomic mass is 9.75. The van der Waals surface area contributed by atoms with Crippen LogP contribution in [0.25, 0.3) is 0 Å². The smallest absolute Gasteiger partial charge is 0.110 e. The highest BCUT2D eigenvalue weighted by Crippen LogP contribution is 2.39. The molecule has 1 saturated heterocycles. The molecule has 3 heteroatoms. The predicted molar refractivity (Wildman–Crippen MR) is 52.4 cm³/mol. The largest absolute Gasteiger partial charge is 0.385 e. The molecule has 1 heterocycles. The standard InChI is InChI=1S/C10H21NO2/c1-7(2)8(11)10(12)5-6-13-9(10,3)4/h7-8,12H,5-6,11H2,1-4H3. The Morgan fingerprint density at radius 1 is 1.38 bits per heavy atom. The van der Waals surface area contributed by atoms with Crippen LogP contribution in [0.5, 0.6) is 0 Å². The maximum atomic E-state index is 10.4. The summed E-state index contributed by atoms with van der Waals surface area (Å²) in [4.78, 5) is 0. The molecular formula is C10H21NO2. The van der Waals surface area contributed by atoms with Crippen molar-refractivity contribution in [1.82, 2.24) is 0 Å². The predicted octanol–water partition coefficient (Wildman–Crippen LogP) is 0.900. The quantitative estimate of drug-likeness (QED) is 0.675. The minimum Gasteiger partial charge on any atom is -0.385 e. The van der Waals surface area contributed by atoms with Gasteiger partial charge in [-0.15, -0.1) is 0 Å². The summed E-state index contributed by atoms with van der Waals surface area (Å²) in [5, 5.41) is 10.4. The van der Waals surface area contributed by atoms with Gasteiger partial charge >= 0.3 is 0 Å². The second-order valence-corrected chi connectivity index (χ2v) is 4.80. The molecule has 0 amide bonds. The van der Waals surface area contributed by atoms with Gasteiger partial charge < -0.3 is 15.6 Å². The van der Waals surface area contributed by atoms with E-state index in [0.717, 1.165) is 0 Å². The van der Waals surface area contributed by atoms with Gasteiger partial charge in [-0.05, 0) is 19.8 Å². The van der Waals surface area contributed by atoms with Crippen molar-refractivity contribution in [2.75, 3.05) is 6.61 Å². The molecule has 0 aromatic carbocycles. The molecule has 0 aromatic heterocycles. The molecule has 0 bridgehead atoms. The zero-order valence-electron chi connectivity index (χ0n) is 9.00. The van der Waals surface area contributed by atoms with E-state index in [4.69, 9.17) is 10.5 Å². The molecule has 78 valence electrons. The summed E-state index contributed by atoms with van der Waals surface area (Å²) in [7, 11) is 0. The van der Waals surface area contributed by atoms with Gasteiger partial charge in [0.1, 0.15) is 5.60 Å². The number of hydrogen-bond donors (Lipinski definition) is 2. The van der Waals surface area contributed by atoms with Gasteiger partial charge in [0.2, 0.25) is 0 Å². The number of rotatable bonds is 2. The fourth-order valence-electron chi connectivity index (χ4n) is 2.01. The molecule has 1 rings (SSSR count). The van der Waals surface area contributed by atoms with Gasteiger partial charge in [-0.3, -0.25) is 0 Å². The number of hydrogen-bond acceptors (Lipinski definition) is 3. The highest BCUT2D eigenvalue weighted by atomic mass is 16.5. The molecule has 1 fully saturated rings. The molecule has 0 aliphatic carbocycles. The molecule has 3 nitrogen and oxygen atoms in total. The minimum absolute atomic E-state index is 0.218. The molecule has 3 N–H and O–H groups in total. The van der Waals surface area contributed by atoms with Crippen molar-refractivity contribution in [1.29, 1.82) is 0 Å². The fraction of sp³-hybridized carbons (Fsp3) is 1.00. The molecule has 0 aromatic rings. The highest BCUT2D eigenvalue weighted by Gasteiger charge is 2.53. The Morgan fingerprint density at radius 3 is 2.23 bits per heavy atom. The van der Waals surface area contributed by atoms with Gasteiger partial charge in [0, 0.05) is 12.5 Å². The van der Waals surface area contributed by atoms with Gasteiger partial charge in [-0.2, -0.15) is 0 Å². The van der Waals surface area contributed by atoms with Crippen LogP contribution >= 0.6 is 0 Å². The Balaban J connectivity index is 2.86. The Labute approximate surface area is 80.3 Å².